The summed E-state index contributed by atoms with van der Waals surface area (Å²) < 4.78 is 49.8. The second-order valence-corrected chi connectivity index (χ2v) is 4.27. The second kappa shape index (κ2) is 5.03. The number of hydrogen-bond donors (Lipinski definition) is 1. The fourth-order valence-corrected chi connectivity index (χ4v) is 1.54. The number of alkyl halides is 3. The minimum absolute atomic E-state index is 0.00852. The first-order chi connectivity index (χ1) is 7.71. The molecule has 1 aromatic rings. The van der Waals surface area contributed by atoms with E-state index in [0.717, 1.165) is 6.07 Å². The first-order valence-electron chi connectivity index (χ1n) is 4.54. The minimum Gasteiger partial charge on any atom is -0.342 e. The van der Waals surface area contributed by atoms with Crippen LogP contribution < -0.4 is 5.32 Å². The molecule has 0 aliphatic rings. The maximum atomic E-state index is 13.4. The number of nitrogens with one attached hydrogen (secondary N) is 1. The Morgan fingerprint density at radius 3 is 2.47 bits per heavy atom. The normalized spacial score (nSPS) is 13.3. The van der Waals surface area contributed by atoms with Gasteiger partial charge in [-0.2, -0.15) is 13.2 Å². The van der Waals surface area contributed by atoms with Gasteiger partial charge in [0.15, 0.2) is 0 Å². The number of amides is 1. The van der Waals surface area contributed by atoms with Gasteiger partial charge >= 0.3 is 12.1 Å². The van der Waals surface area contributed by atoms with Gasteiger partial charge in [0, 0.05) is 10.0 Å². The van der Waals surface area contributed by atoms with Crippen LogP contribution in [-0.4, -0.2) is 12.1 Å². The Morgan fingerprint density at radius 2 is 2.00 bits per heavy atom. The average Bonchev–Trinajstić information content (AvgIpc) is 2.15. The average molecular weight is 314 g/mol. The summed E-state index contributed by atoms with van der Waals surface area (Å²) in [5.74, 6) is -2.78. The highest BCUT2D eigenvalue weighted by atomic mass is 79.9. The lowest BCUT2D eigenvalue weighted by Crippen LogP contribution is -2.38. The highest BCUT2D eigenvalue weighted by Gasteiger charge is 2.39. The van der Waals surface area contributed by atoms with Crippen molar-refractivity contribution >= 4 is 21.8 Å². The molecular formula is C10H8BrF4NO. The molecule has 1 amide bonds. The van der Waals surface area contributed by atoms with E-state index in [1.165, 1.54) is 19.1 Å². The smallest absolute Gasteiger partial charge is 0.342 e. The van der Waals surface area contributed by atoms with Crippen LogP contribution in [0, 0.1) is 5.82 Å². The van der Waals surface area contributed by atoms with Crippen LogP contribution in [0.15, 0.2) is 22.7 Å². The van der Waals surface area contributed by atoms with Crippen LogP contribution in [0.3, 0.4) is 0 Å². The largest absolute Gasteiger partial charge is 0.471 e. The number of hydrogen-bond acceptors (Lipinski definition) is 1. The molecular weight excluding hydrogens is 306 g/mol. The van der Waals surface area contributed by atoms with E-state index < -0.39 is 23.9 Å². The predicted octanol–water partition coefficient (Wildman–Crippen LogP) is 3.33. The molecule has 0 aliphatic carbocycles. The molecule has 0 aromatic heterocycles. The van der Waals surface area contributed by atoms with Crippen LogP contribution in [-0.2, 0) is 4.79 Å². The first-order valence-corrected chi connectivity index (χ1v) is 5.33. The standard InChI is InChI=1S/C10H8BrF4NO/c1-5(16-9(17)10(13,14)15)7-3-2-6(11)4-8(7)12/h2-5H,1H3,(H,16,17)/t5-/m1/s1. The lowest BCUT2D eigenvalue weighted by molar-refractivity contribution is -0.174. The zero-order valence-electron chi connectivity index (χ0n) is 8.61. The lowest BCUT2D eigenvalue weighted by atomic mass is 10.1. The molecule has 0 bridgehead atoms. The van der Waals surface area contributed by atoms with Gasteiger partial charge in [0.1, 0.15) is 5.82 Å². The minimum atomic E-state index is -4.97. The Labute approximate surface area is 103 Å². The van der Waals surface area contributed by atoms with Crippen LogP contribution >= 0.6 is 15.9 Å². The summed E-state index contributed by atoms with van der Waals surface area (Å²) in [6.07, 6.45) is -4.97. The maximum absolute atomic E-state index is 13.4. The number of halogens is 5. The Kier molecular flexibility index (Phi) is 4.13. The number of rotatable bonds is 2. The zero-order valence-corrected chi connectivity index (χ0v) is 10.2. The maximum Gasteiger partial charge on any atom is 0.471 e. The van der Waals surface area contributed by atoms with Gasteiger partial charge in [0.25, 0.3) is 0 Å². The quantitative estimate of drug-likeness (QED) is 0.834. The fourth-order valence-electron chi connectivity index (χ4n) is 1.21. The number of carbonyl (C=O) groups is 1. The van der Waals surface area contributed by atoms with Crippen LogP contribution in [0.2, 0.25) is 0 Å². The van der Waals surface area contributed by atoms with Crippen LogP contribution in [0.1, 0.15) is 18.5 Å². The summed E-state index contributed by atoms with van der Waals surface area (Å²) >= 11 is 3.02. The third-order valence-electron chi connectivity index (χ3n) is 2.03. The van der Waals surface area contributed by atoms with Crippen molar-refractivity contribution in [2.24, 2.45) is 0 Å². The molecule has 0 unspecified atom stereocenters. The zero-order chi connectivity index (χ0) is 13.2. The van der Waals surface area contributed by atoms with Crippen molar-refractivity contribution in [3.05, 3.63) is 34.1 Å². The number of carbonyl (C=O) groups excluding carboxylic acids is 1. The van der Waals surface area contributed by atoms with Crippen molar-refractivity contribution in [3.63, 3.8) is 0 Å². The molecule has 1 aromatic carbocycles. The third-order valence-corrected chi connectivity index (χ3v) is 2.53. The molecule has 0 fully saturated rings. The van der Waals surface area contributed by atoms with Crippen molar-refractivity contribution in [2.45, 2.75) is 19.1 Å². The van der Waals surface area contributed by atoms with Gasteiger partial charge in [-0.25, -0.2) is 4.39 Å². The first kappa shape index (κ1) is 14.0. The van der Waals surface area contributed by atoms with Gasteiger partial charge in [-0.05, 0) is 19.1 Å². The van der Waals surface area contributed by atoms with Gasteiger partial charge in [0.05, 0.1) is 6.04 Å². The van der Waals surface area contributed by atoms with Gasteiger partial charge in [-0.15, -0.1) is 0 Å². The topological polar surface area (TPSA) is 29.1 Å². The van der Waals surface area contributed by atoms with Crippen molar-refractivity contribution in [2.75, 3.05) is 0 Å². The van der Waals surface area contributed by atoms with Gasteiger partial charge in [-0.3, -0.25) is 4.79 Å². The molecule has 0 saturated heterocycles. The van der Waals surface area contributed by atoms with Gasteiger partial charge in [-0.1, -0.05) is 22.0 Å². The molecule has 1 atom stereocenters. The van der Waals surface area contributed by atoms with Crippen LogP contribution in [0.4, 0.5) is 17.6 Å². The summed E-state index contributed by atoms with van der Waals surface area (Å²) in [6.45, 7) is 1.27. The van der Waals surface area contributed by atoms with Crippen molar-refractivity contribution in [1.29, 1.82) is 0 Å². The Hall–Kier alpha value is -1.11. The summed E-state index contributed by atoms with van der Waals surface area (Å²) in [5, 5.41) is 1.68. The van der Waals surface area contributed by atoms with E-state index in [4.69, 9.17) is 0 Å². The molecule has 94 valence electrons. The molecule has 1 N–H and O–H groups in total. The molecule has 17 heavy (non-hydrogen) atoms. The van der Waals surface area contributed by atoms with Gasteiger partial charge < -0.3 is 5.32 Å². The molecule has 0 heterocycles. The molecule has 0 radical (unpaired) electrons. The van der Waals surface area contributed by atoms with E-state index in [9.17, 15) is 22.4 Å². The molecule has 2 nitrogen and oxygen atoms in total. The van der Waals surface area contributed by atoms with E-state index in [1.807, 2.05) is 0 Å². The van der Waals surface area contributed by atoms with E-state index in [2.05, 4.69) is 15.9 Å². The molecule has 0 spiro atoms. The summed E-state index contributed by atoms with van der Waals surface area (Å²) in [6, 6.07) is 2.85. The summed E-state index contributed by atoms with van der Waals surface area (Å²) in [4.78, 5) is 10.7. The fraction of sp³-hybridized carbons (Fsp3) is 0.300. The van der Waals surface area contributed by atoms with E-state index in [1.54, 1.807) is 5.32 Å². The number of benzene rings is 1. The van der Waals surface area contributed by atoms with Crippen LogP contribution in [0.5, 0.6) is 0 Å². The molecule has 0 aliphatic heterocycles. The molecule has 7 heteroatoms. The van der Waals surface area contributed by atoms with Gasteiger partial charge in [0.2, 0.25) is 0 Å². The van der Waals surface area contributed by atoms with Crippen molar-refractivity contribution < 1.29 is 22.4 Å². The third kappa shape index (κ3) is 3.69. The molecule has 0 saturated carbocycles. The summed E-state index contributed by atoms with van der Waals surface area (Å²) in [7, 11) is 0. The SMILES string of the molecule is C[C@@H](NC(=O)C(F)(F)F)c1ccc(Br)cc1F. The predicted molar refractivity (Wildman–Crippen MR) is 56.7 cm³/mol. The second-order valence-electron chi connectivity index (χ2n) is 3.36. The lowest BCUT2D eigenvalue weighted by Gasteiger charge is -2.16. The Morgan fingerprint density at radius 1 is 1.41 bits per heavy atom. The van der Waals surface area contributed by atoms with E-state index in [0.29, 0.717) is 4.47 Å². The molecule has 1 rings (SSSR count). The van der Waals surface area contributed by atoms with Crippen molar-refractivity contribution in [1.82, 2.24) is 5.32 Å². The summed E-state index contributed by atoms with van der Waals surface area (Å²) in [5.41, 5.74) is -0.00852. The monoisotopic (exact) mass is 313 g/mol. The Balaban J connectivity index is 2.84. The van der Waals surface area contributed by atoms with Crippen LogP contribution in [0.25, 0.3) is 0 Å². The van der Waals surface area contributed by atoms with E-state index in [-0.39, 0.29) is 5.56 Å². The highest BCUT2D eigenvalue weighted by molar-refractivity contribution is 9.10. The van der Waals surface area contributed by atoms with Crippen molar-refractivity contribution in [3.8, 4) is 0 Å². The highest BCUT2D eigenvalue weighted by Crippen LogP contribution is 2.22. The Bertz CT molecular complexity index is 433. The van der Waals surface area contributed by atoms with E-state index >= 15 is 0 Å².